The second-order valence-electron chi connectivity index (χ2n) is 3.26. The first-order valence-corrected chi connectivity index (χ1v) is 4.27. The van der Waals surface area contributed by atoms with Gasteiger partial charge in [0, 0.05) is 19.8 Å². The summed E-state index contributed by atoms with van der Waals surface area (Å²) in [4.78, 5) is 5.97. The van der Waals surface area contributed by atoms with E-state index in [1.165, 1.54) is 6.26 Å². The second-order valence-corrected chi connectivity index (χ2v) is 3.26. The molecular formula is C10H13N3O. The molecule has 0 aromatic carbocycles. The van der Waals surface area contributed by atoms with E-state index in [2.05, 4.69) is 11.1 Å². The molecule has 0 amide bonds. The lowest BCUT2D eigenvalue weighted by Gasteiger charge is -2.13. The fourth-order valence-electron chi connectivity index (χ4n) is 0.976. The third-order valence-corrected chi connectivity index (χ3v) is 1.98. The fourth-order valence-corrected chi connectivity index (χ4v) is 0.976. The molecule has 4 heteroatoms. The Balaban J connectivity index is 3.18. The molecular weight excluding hydrogens is 178 g/mol. The third kappa shape index (κ3) is 1.94. The van der Waals surface area contributed by atoms with Gasteiger partial charge < -0.3 is 9.32 Å². The highest BCUT2D eigenvalue weighted by atomic mass is 16.3. The maximum Gasteiger partial charge on any atom is 0.238 e. The number of rotatable bonds is 2. The summed E-state index contributed by atoms with van der Waals surface area (Å²) in [5.74, 6) is 0.385. The predicted octanol–water partition coefficient (Wildman–Crippen LogP) is 1.80. The van der Waals surface area contributed by atoms with Crippen LogP contribution in [-0.2, 0) is 0 Å². The molecule has 0 atom stereocenters. The Morgan fingerprint density at radius 1 is 1.57 bits per heavy atom. The number of allylic oxidation sites excluding steroid dienone is 2. The SMILES string of the molecule is CC(=C(C#N)c1nc(C)co1)N(C)C. The zero-order valence-electron chi connectivity index (χ0n) is 8.83. The van der Waals surface area contributed by atoms with Gasteiger partial charge >= 0.3 is 0 Å². The van der Waals surface area contributed by atoms with E-state index >= 15 is 0 Å². The van der Waals surface area contributed by atoms with Crippen LogP contribution in [0.2, 0.25) is 0 Å². The molecule has 1 aromatic heterocycles. The molecule has 0 saturated heterocycles. The highest BCUT2D eigenvalue weighted by Crippen LogP contribution is 2.18. The van der Waals surface area contributed by atoms with E-state index in [9.17, 15) is 0 Å². The summed E-state index contributed by atoms with van der Waals surface area (Å²) >= 11 is 0. The summed E-state index contributed by atoms with van der Waals surface area (Å²) in [5.41, 5.74) is 2.09. The van der Waals surface area contributed by atoms with Crippen LogP contribution in [-0.4, -0.2) is 24.0 Å². The van der Waals surface area contributed by atoms with Crippen molar-refractivity contribution in [1.29, 1.82) is 5.26 Å². The number of aryl methyl sites for hydroxylation is 1. The van der Waals surface area contributed by atoms with Gasteiger partial charge in [-0.2, -0.15) is 5.26 Å². The smallest absolute Gasteiger partial charge is 0.238 e. The molecule has 0 spiro atoms. The minimum Gasteiger partial charge on any atom is -0.444 e. The van der Waals surface area contributed by atoms with Gasteiger partial charge in [0.25, 0.3) is 0 Å². The lowest BCUT2D eigenvalue weighted by molar-refractivity contribution is 0.505. The Morgan fingerprint density at radius 2 is 2.21 bits per heavy atom. The van der Waals surface area contributed by atoms with Gasteiger partial charge in [-0.25, -0.2) is 4.98 Å². The van der Waals surface area contributed by atoms with Gasteiger partial charge in [-0.15, -0.1) is 0 Å². The lowest BCUT2D eigenvalue weighted by atomic mass is 10.2. The molecule has 0 aliphatic carbocycles. The van der Waals surface area contributed by atoms with Gasteiger partial charge in [0.1, 0.15) is 17.9 Å². The molecule has 4 nitrogen and oxygen atoms in total. The van der Waals surface area contributed by atoms with Crippen LogP contribution < -0.4 is 0 Å². The Kier molecular flexibility index (Phi) is 2.92. The predicted molar refractivity (Wildman–Crippen MR) is 53.1 cm³/mol. The molecule has 1 aromatic rings. The lowest BCUT2D eigenvalue weighted by Crippen LogP contribution is -2.10. The van der Waals surface area contributed by atoms with Crippen LogP contribution in [0.5, 0.6) is 0 Å². The molecule has 1 heterocycles. The van der Waals surface area contributed by atoms with Crippen LogP contribution in [0, 0.1) is 18.3 Å². The molecule has 0 radical (unpaired) electrons. The maximum atomic E-state index is 8.97. The van der Waals surface area contributed by atoms with Gasteiger partial charge in [0.05, 0.1) is 5.69 Å². The summed E-state index contributed by atoms with van der Waals surface area (Å²) in [6, 6.07) is 2.09. The Bertz CT molecular complexity index is 396. The van der Waals surface area contributed by atoms with E-state index in [1.54, 1.807) is 0 Å². The van der Waals surface area contributed by atoms with Crippen LogP contribution in [0.25, 0.3) is 5.57 Å². The van der Waals surface area contributed by atoms with Crippen LogP contribution in [0.4, 0.5) is 0 Å². The number of hydrogen-bond acceptors (Lipinski definition) is 4. The van der Waals surface area contributed by atoms with Crippen molar-refractivity contribution in [3.63, 3.8) is 0 Å². The average molecular weight is 191 g/mol. The monoisotopic (exact) mass is 191 g/mol. The number of oxazole rings is 1. The Labute approximate surface area is 83.5 Å². The minimum absolute atomic E-state index is 0.385. The van der Waals surface area contributed by atoms with E-state index < -0.39 is 0 Å². The normalized spacial score (nSPS) is 11.9. The number of hydrogen-bond donors (Lipinski definition) is 0. The molecule has 0 saturated carbocycles. The van der Waals surface area contributed by atoms with Crippen LogP contribution >= 0.6 is 0 Å². The molecule has 0 unspecified atom stereocenters. The molecule has 0 fully saturated rings. The van der Waals surface area contributed by atoms with E-state index in [0.29, 0.717) is 11.5 Å². The number of aromatic nitrogens is 1. The van der Waals surface area contributed by atoms with E-state index in [0.717, 1.165) is 11.4 Å². The molecule has 14 heavy (non-hydrogen) atoms. The topological polar surface area (TPSA) is 53.1 Å². The summed E-state index contributed by atoms with van der Waals surface area (Å²) < 4.78 is 5.17. The molecule has 0 bridgehead atoms. The van der Waals surface area contributed by atoms with Gasteiger partial charge in [0.2, 0.25) is 5.89 Å². The Hall–Kier alpha value is -1.76. The highest BCUT2D eigenvalue weighted by molar-refractivity contribution is 5.73. The molecule has 0 aliphatic heterocycles. The highest BCUT2D eigenvalue weighted by Gasteiger charge is 2.12. The summed E-state index contributed by atoms with van der Waals surface area (Å²) in [7, 11) is 3.75. The van der Waals surface area contributed by atoms with Gasteiger partial charge in [-0.05, 0) is 13.8 Å². The third-order valence-electron chi connectivity index (χ3n) is 1.98. The number of nitriles is 1. The second kappa shape index (κ2) is 3.97. The van der Waals surface area contributed by atoms with Crippen LogP contribution in [0.1, 0.15) is 18.5 Å². The number of nitrogens with zero attached hydrogens (tertiary/aromatic N) is 3. The van der Waals surface area contributed by atoms with Crippen LogP contribution in [0.3, 0.4) is 0 Å². The quantitative estimate of drug-likeness (QED) is 0.669. The first-order chi connectivity index (χ1) is 6.56. The fraction of sp³-hybridized carbons (Fsp3) is 0.400. The van der Waals surface area contributed by atoms with Crippen molar-refractivity contribution in [2.75, 3.05) is 14.1 Å². The maximum absolute atomic E-state index is 8.97. The zero-order chi connectivity index (χ0) is 10.7. The van der Waals surface area contributed by atoms with Crippen molar-refractivity contribution in [3.8, 4) is 6.07 Å². The van der Waals surface area contributed by atoms with Crippen LogP contribution in [0.15, 0.2) is 16.4 Å². The van der Waals surface area contributed by atoms with Crippen molar-refractivity contribution in [2.24, 2.45) is 0 Å². The average Bonchev–Trinajstić information content (AvgIpc) is 2.53. The summed E-state index contributed by atoms with van der Waals surface area (Å²) in [6.07, 6.45) is 1.54. The molecule has 74 valence electrons. The first-order valence-electron chi connectivity index (χ1n) is 4.27. The molecule has 0 N–H and O–H groups in total. The van der Waals surface area contributed by atoms with Crippen molar-refractivity contribution >= 4 is 5.57 Å². The van der Waals surface area contributed by atoms with Crippen molar-refractivity contribution in [1.82, 2.24) is 9.88 Å². The van der Waals surface area contributed by atoms with Crippen molar-refractivity contribution in [2.45, 2.75) is 13.8 Å². The van der Waals surface area contributed by atoms with Gasteiger partial charge in [-0.1, -0.05) is 0 Å². The van der Waals surface area contributed by atoms with E-state index in [4.69, 9.17) is 9.68 Å². The molecule has 0 aliphatic rings. The van der Waals surface area contributed by atoms with Gasteiger partial charge in [-0.3, -0.25) is 0 Å². The van der Waals surface area contributed by atoms with Crippen molar-refractivity contribution in [3.05, 3.63) is 23.5 Å². The van der Waals surface area contributed by atoms with E-state index in [1.807, 2.05) is 32.8 Å². The first kappa shape index (κ1) is 10.3. The van der Waals surface area contributed by atoms with Crippen molar-refractivity contribution < 1.29 is 4.42 Å². The van der Waals surface area contributed by atoms with E-state index in [-0.39, 0.29) is 0 Å². The molecule has 1 rings (SSSR count). The minimum atomic E-state index is 0.385. The largest absolute Gasteiger partial charge is 0.444 e. The zero-order valence-corrected chi connectivity index (χ0v) is 8.83. The Morgan fingerprint density at radius 3 is 2.57 bits per heavy atom. The summed E-state index contributed by atoms with van der Waals surface area (Å²) in [5, 5.41) is 8.97. The summed E-state index contributed by atoms with van der Waals surface area (Å²) in [6.45, 7) is 3.69. The van der Waals surface area contributed by atoms with Gasteiger partial charge in [0.15, 0.2) is 0 Å². The standard InChI is InChI=1S/C10H13N3O/c1-7-6-14-10(12-7)9(5-11)8(2)13(3)4/h6H,1-4H3.